The SMILES string of the molecule is CN(CC(=O)Nc1ccc(F)cc1F)CC(=O)Nc1ccccc1Cl. The Bertz CT molecular complexity index is 786. The molecule has 0 aliphatic rings. The molecule has 2 rings (SSSR count). The average Bonchev–Trinajstić information content (AvgIpc) is 2.52. The largest absolute Gasteiger partial charge is 0.324 e. The molecule has 0 saturated heterocycles. The van der Waals surface area contributed by atoms with Crippen molar-refractivity contribution in [2.45, 2.75) is 0 Å². The van der Waals surface area contributed by atoms with E-state index >= 15 is 0 Å². The highest BCUT2D eigenvalue weighted by Crippen LogP contribution is 2.20. The molecule has 0 fully saturated rings. The minimum absolute atomic E-state index is 0.0649. The zero-order valence-corrected chi connectivity index (χ0v) is 14.1. The van der Waals surface area contributed by atoms with Crippen LogP contribution in [-0.4, -0.2) is 36.9 Å². The minimum atomic E-state index is -0.868. The van der Waals surface area contributed by atoms with E-state index in [1.807, 2.05) is 0 Å². The molecule has 0 atom stereocenters. The number of rotatable bonds is 6. The molecule has 0 aromatic heterocycles. The molecule has 0 aliphatic carbocycles. The second-order valence-corrected chi connectivity index (χ2v) is 5.78. The number of hydrogen-bond donors (Lipinski definition) is 2. The lowest BCUT2D eigenvalue weighted by atomic mass is 10.3. The molecule has 0 heterocycles. The van der Waals surface area contributed by atoms with E-state index in [1.165, 1.54) is 4.90 Å². The van der Waals surface area contributed by atoms with E-state index in [9.17, 15) is 18.4 Å². The monoisotopic (exact) mass is 367 g/mol. The Kier molecular flexibility index (Phi) is 6.44. The van der Waals surface area contributed by atoms with E-state index < -0.39 is 17.5 Å². The molecule has 0 aliphatic heterocycles. The van der Waals surface area contributed by atoms with Crippen molar-refractivity contribution in [1.82, 2.24) is 4.90 Å². The lowest BCUT2D eigenvalue weighted by molar-refractivity contribution is -0.119. The third kappa shape index (κ3) is 5.81. The topological polar surface area (TPSA) is 61.4 Å². The van der Waals surface area contributed by atoms with Crippen LogP contribution in [0.3, 0.4) is 0 Å². The molecule has 0 spiro atoms. The fourth-order valence-electron chi connectivity index (χ4n) is 2.08. The van der Waals surface area contributed by atoms with E-state index in [0.29, 0.717) is 16.8 Å². The Labute approximate surface area is 148 Å². The smallest absolute Gasteiger partial charge is 0.238 e. The number of nitrogens with zero attached hydrogens (tertiary/aromatic N) is 1. The molecule has 2 aromatic rings. The first-order valence-electron chi connectivity index (χ1n) is 7.33. The summed E-state index contributed by atoms with van der Waals surface area (Å²) in [5.74, 6) is -2.48. The normalized spacial score (nSPS) is 10.6. The molecular weight excluding hydrogens is 352 g/mol. The highest BCUT2D eigenvalue weighted by atomic mass is 35.5. The molecule has 2 amide bonds. The number of anilines is 2. The molecular formula is C17H16ClF2N3O2. The van der Waals surface area contributed by atoms with Gasteiger partial charge in [-0.2, -0.15) is 0 Å². The Morgan fingerprint density at radius 3 is 2.20 bits per heavy atom. The summed E-state index contributed by atoms with van der Waals surface area (Å²) in [5.41, 5.74) is 0.348. The molecule has 0 bridgehead atoms. The second-order valence-electron chi connectivity index (χ2n) is 5.37. The summed E-state index contributed by atoms with van der Waals surface area (Å²) in [5, 5.41) is 5.36. The number of amides is 2. The van der Waals surface area contributed by atoms with Crippen molar-refractivity contribution in [2.24, 2.45) is 0 Å². The number of carbonyl (C=O) groups is 2. The van der Waals surface area contributed by atoms with Gasteiger partial charge in [0, 0.05) is 6.07 Å². The molecule has 0 radical (unpaired) electrons. The van der Waals surface area contributed by atoms with Gasteiger partial charge in [0.05, 0.1) is 29.5 Å². The maximum atomic E-state index is 13.5. The maximum absolute atomic E-state index is 13.5. The summed E-state index contributed by atoms with van der Waals surface area (Å²) in [6.07, 6.45) is 0. The van der Waals surface area contributed by atoms with Gasteiger partial charge >= 0.3 is 0 Å². The Morgan fingerprint density at radius 1 is 1.00 bits per heavy atom. The molecule has 132 valence electrons. The van der Waals surface area contributed by atoms with Crippen molar-refractivity contribution < 1.29 is 18.4 Å². The van der Waals surface area contributed by atoms with Gasteiger partial charge in [-0.05, 0) is 31.3 Å². The minimum Gasteiger partial charge on any atom is -0.324 e. The Hall–Kier alpha value is -2.51. The fraction of sp³-hybridized carbons (Fsp3) is 0.176. The number of halogens is 3. The molecule has 2 aromatic carbocycles. The molecule has 2 N–H and O–H groups in total. The van der Waals surface area contributed by atoms with Crippen LogP contribution in [0.4, 0.5) is 20.2 Å². The maximum Gasteiger partial charge on any atom is 0.238 e. The summed E-state index contributed by atoms with van der Waals surface area (Å²) >= 11 is 5.95. The van der Waals surface area contributed by atoms with Gasteiger partial charge in [-0.25, -0.2) is 8.78 Å². The van der Waals surface area contributed by atoms with Crippen LogP contribution in [0.25, 0.3) is 0 Å². The Morgan fingerprint density at radius 2 is 1.60 bits per heavy atom. The summed E-state index contributed by atoms with van der Waals surface area (Å²) in [6, 6.07) is 9.62. The third-order valence-corrected chi connectivity index (χ3v) is 3.51. The predicted molar refractivity (Wildman–Crippen MR) is 92.6 cm³/mol. The number of likely N-dealkylation sites (N-methyl/N-ethyl adjacent to an activating group) is 1. The van der Waals surface area contributed by atoms with Crippen molar-refractivity contribution in [3.63, 3.8) is 0 Å². The number of para-hydroxylation sites is 1. The third-order valence-electron chi connectivity index (χ3n) is 3.18. The first kappa shape index (κ1) is 18.8. The van der Waals surface area contributed by atoms with E-state index in [4.69, 9.17) is 11.6 Å². The van der Waals surface area contributed by atoms with Crippen LogP contribution in [0, 0.1) is 11.6 Å². The van der Waals surface area contributed by atoms with Crippen LogP contribution in [0.2, 0.25) is 5.02 Å². The standard InChI is InChI=1S/C17H16ClF2N3O2/c1-23(9-16(24)21-14-5-3-2-4-12(14)18)10-17(25)22-15-7-6-11(19)8-13(15)20/h2-8H,9-10H2,1H3,(H,21,24)(H,22,25). The number of hydrogen-bond acceptors (Lipinski definition) is 3. The van der Waals surface area contributed by atoms with Gasteiger partial charge in [0.15, 0.2) is 0 Å². The second kappa shape index (κ2) is 8.55. The predicted octanol–water partition coefficient (Wildman–Crippen LogP) is 3.13. The van der Waals surface area contributed by atoms with Crippen LogP contribution in [0.15, 0.2) is 42.5 Å². The van der Waals surface area contributed by atoms with Crippen molar-refractivity contribution in [3.05, 3.63) is 59.1 Å². The molecule has 5 nitrogen and oxygen atoms in total. The Balaban J connectivity index is 1.84. The van der Waals surface area contributed by atoms with Gasteiger partial charge in [-0.15, -0.1) is 0 Å². The van der Waals surface area contributed by atoms with E-state index in [2.05, 4.69) is 10.6 Å². The highest BCUT2D eigenvalue weighted by molar-refractivity contribution is 6.33. The lowest BCUT2D eigenvalue weighted by Gasteiger charge is -2.16. The van der Waals surface area contributed by atoms with Crippen LogP contribution < -0.4 is 10.6 Å². The van der Waals surface area contributed by atoms with Crippen LogP contribution in [0.1, 0.15) is 0 Å². The molecule has 25 heavy (non-hydrogen) atoms. The molecule has 0 unspecified atom stereocenters. The van der Waals surface area contributed by atoms with Crippen molar-refractivity contribution in [3.8, 4) is 0 Å². The van der Waals surface area contributed by atoms with Gasteiger partial charge in [0.1, 0.15) is 11.6 Å². The van der Waals surface area contributed by atoms with Crippen molar-refractivity contribution >= 4 is 34.8 Å². The number of carbonyl (C=O) groups excluding carboxylic acids is 2. The van der Waals surface area contributed by atoms with Crippen LogP contribution in [-0.2, 0) is 9.59 Å². The van der Waals surface area contributed by atoms with Gasteiger partial charge < -0.3 is 10.6 Å². The van der Waals surface area contributed by atoms with Gasteiger partial charge in [-0.3, -0.25) is 14.5 Å². The zero-order valence-electron chi connectivity index (χ0n) is 13.4. The quantitative estimate of drug-likeness (QED) is 0.824. The van der Waals surface area contributed by atoms with Crippen LogP contribution >= 0.6 is 11.6 Å². The van der Waals surface area contributed by atoms with Gasteiger partial charge in [-0.1, -0.05) is 23.7 Å². The fourth-order valence-corrected chi connectivity index (χ4v) is 2.26. The first-order chi connectivity index (χ1) is 11.8. The molecule has 8 heteroatoms. The highest BCUT2D eigenvalue weighted by Gasteiger charge is 2.13. The summed E-state index contributed by atoms with van der Waals surface area (Å²) in [6.45, 7) is -0.211. The van der Waals surface area contributed by atoms with E-state index in [-0.39, 0.29) is 24.7 Å². The van der Waals surface area contributed by atoms with Crippen LogP contribution in [0.5, 0.6) is 0 Å². The summed E-state index contributed by atoms with van der Waals surface area (Å²) in [4.78, 5) is 25.3. The van der Waals surface area contributed by atoms with E-state index in [1.54, 1.807) is 31.3 Å². The molecule has 0 saturated carbocycles. The summed E-state index contributed by atoms with van der Waals surface area (Å²) in [7, 11) is 1.56. The average molecular weight is 368 g/mol. The zero-order chi connectivity index (χ0) is 18.4. The van der Waals surface area contributed by atoms with Gasteiger partial charge in [0.25, 0.3) is 0 Å². The number of nitrogens with one attached hydrogen (secondary N) is 2. The summed E-state index contributed by atoms with van der Waals surface area (Å²) < 4.78 is 26.3. The van der Waals surface area contributed by atoms with Crippen molar-refractivity contribution in [2.75, 3.05) is 30.8 Å². The van der Waals surface area contributed by atoms with Crippen molar-refractivity contribution in [1.29, 1.82) is 0 Å². The first-order valence-corrected chi connectivity index (χ1v) is 7.71. The van der Waals surface area contributed by atoms with Gasteiger partial charge in [0.2, 0.25) is 11.8 Å². The number of benzene rings is 2. The van der Waals surface area contributed by atoms with E-state index in [0.717, 1.165) is 12.1 Å². The lowest BCUT2D eigenvalue weighted by Crippen LogP contribution is -2.36.